The first-order chi connectivity index (χ1) is 17.4. The van der Waals surface area contributed by atoms with Crippen LogP contribution in [0.1, 0.15) is 26.7 Å². The van der Waals surface area contributed by atoms with Crippen molar-refractivity contribution < 1.29 is 52.8 Å². The summed E-state index contributed by atoms with van der Waals surface area (Å²) >= 11 is 0. The molecule has 0 aromatic carbocycles. The second-order valence-corrected chi connectivity index (χ2v) is 8.11. The normalized spacial score (nSPS) is 17.9. The fraction of sp³-hybridized carbons (Fsp3) is 0.579. The second kappa shape index (κ2) is 13.0. The van der Waals surface area contributed by atoms with Crippen molar-refractivity contribution in [1.82, 2.24) is 15.3 Å². The van der Waals surface area contributed by atoms with Crippen LogP contribution in [0.15, 0.2) is 4.79 Å². The van der Waals surface area contributed by atoms with Crippen molar-refractivity contribution in [2.75, 3.05) is 22.5 Å². The molecule has 0 bridgehead atoms. The minimum Gasteiger partial charge on any atom is -0.480 e. The number of nitrogens with zero attached hydrogens (tertiary/aromatic N) is 2. The summed E-state index contributed by atoms with van der Waals surface area (Å²) in [5.74, 6) is -5.46. The van der Waals surface area contributed by atoms with Crippen molar-refractivity contribution in [3.63, 3.8) is 0 Å². The van der Waals surface area contributed by atoms with E-state index >= 15 is 0 Å². The van der Waals surface area contributed by atoms with Gasteiger partial charge < -0.3 is 47.5 Å². The average Bonchev–Trinajstić information content (AvgIpc) is 2.80. The van der Waals surface area contributed by atoms with Gasteiger partial charge in [-0.2, -0.15) is 18.2 Å². The van der Waals surface area contributed by atoms with Gasteiger partial charge in [0.05, 0.1) is 18.2 Å². The molecule has 1 aliphatic rings. The second-order valence-electron chi connectivity index (χ2n) is 8.11. The first-order valence-electron chi connectivity index (χ1n) is 10.8. The molecule has 1 aliphatic heterocycles. The zero-order chi connectivity index (χ0) is 29.5. The van der Waals surface area contributed by atoms with Crippen LogP contribution in [0.5, 0.6) is 0 Å². The molecule has 0 saturated heterocycles. The van der Waals surface area contributed by atoms with E-state index in [1.807, 2.05) is 0 Å². The van der Waals surface area contributed by atoms with Gasteiger partial charge in [0.25, 0.3) is 0 Å². The molecule has 1 aromatic heterocycles. The maximum absolute atomic E-state index is 13.0. The van der Waals surface area contributed by atoms with Crippen molar-refractivity contribution in [3.8, 4) is 0 Å². The van der Waals surface area contributed by atoms with Crippen molar-refractivity contribution in [1.29, 1.82) is 0 Å². The number of fused-ring (bicyclic) bond motifs is 1. The summed E-state index contributed by atoms with van der Waals surface area (Å²) in [6.07, 6.45) is -8.15. The van der Waals surface area contributed by atoms with E-state index in [9.17, 15) is 42.6 Å². The highest BCUT2D eigenvalue weighted by molar-refractivity contribution is 5.98. The molecule has 0 aliphatic carbocycles. The highest BCUT2D eigenvalue weighted by Crippen LogP contribution is 2.29. The number of nitrogens with two attached hydrogens (primary N) is 2. The number of nitrogens with one attached hydrogen (secondary N) is 3. The molecule has 0 saturated carbocycles. The van der Waals surface area contributed by atoms with Gasteiger partial charge in [-0.1, -0.05) is 0 Å². The van der Waals surface area contributed by atoms with Gasteiger partial charge in [-0.05, 0) is 20.3 Å². The van der Waals surface area contributed by atoms with E-state index in [0.717, 1.165) is 4.90 Å². The first-order valence-corrected chi connectivity index (χ1v) is 10.8. The maximum atomic E-state index is 13.0. The zero-order valence-electron chi connectivity index (χ0n) is 20.0. The number of alkyl halides is 3. The van der Waals surface area contributed by atoms with Gasteiger partial charge in [0.15, 0.2) is 5.69 Å². The molecule has 5 unspecified atom stereocenters. The number of aromatic amines is 1. The standard InChI is InChI=1S/C17H27N7O7.C2HF3O2/c1-6(16(30)31)21-14(28)8(18)3-4-10(26)24-9(12(27)7(2)25)5-20-13-11(24)15(29)23-17(19)22-13;3-2(4,5)1(6)7/h6-9,12,25,27H,3-5,18H2,1-2H3,(H,21,28)(H,30,31)(H4,19,20,22,23,29);(H,6,7). The minimum atomic E-state index is -5.08. The number of hydrogen-bond donors (Lipinski definition) is 9. The number of rotatable bonds is 8. The molecule has 1 aromatic rings. The van der Waals surface area contributed by atoms with Crippen LogP contribution in [-0.2, 0) is 19.2 Å². The number of carbonyl (C=O) groups excluding carboxylic acids is 2. The predicted molar refractivity (Wildman–Crippen MR) is 123 cm³/mol. The molecule has 19 heteroatoms. The Hall–Kier alpha value is -3.97. The van der Waals surface area contributed by atoms with Crippen LogP contribution < -0.4 is 32.6 Å². The largest absolute Gasteiger partial charge is 0.490 e. The number of aliphatic carboxylic acids is 2. The highest BCUT2D eigenvalue weighted by Gasteiger charge is 2.40. The Balaban J connectivity index is 0.000000905. The Bertz CT molecular complexity index is 1100. The third kappa shape index (κ3) is 8.56. The van der Waals surface area contributed by atoms with E-state index in [2.05, 4.69) is 20.6 Å². The van der Waals surface area contributed by atoms with Crippen molar-refractivity contribution in [3.05, 3.63) is 10.4 Å². The molecular weight excluding hydrogens is 527 g/mol. The van der Waals surface area contributed by atoms with E-state index in [0.29, 0.717) is 0 Å². The number of aromatic nitrogens is 2. The monoisotopic (exact) mass is 555 g/mol. The highest BCUT2D eigenvalue weighted by atomic mass is 19.4. The van der Waals surface area contributed by atoms with E-state index in [4.69, 9.17) is 26.5 Å². The van der Waals surface area contributed by atoms with Crippen LogP contribution in [0, 0.1) is 0 Å². The molecule has 5 atom stereocenters. The number of carbonyl (C=O) groups is 4. The third-order valence-corrected chi connectivity index (χ3v) is 5.11. The molecule has 0 spiro atoms. The van der Waals surface area contributed by atoms with Gasteiger partial charge in [-0.15, -0.1) is 0 Å². The molecule has 0 radical (unpaired) electrons. The number of anilines is 3. The van der Waals surface area contributed by atoms with Gasteiger partial charge in [-0.3, -0.25) is 24.1 Å². The van der Waals surface area contributed by atoms with Gasteiger partial charge in [0.1, 0.15) is 18.0 Å². The number of nitrogen functional groups attached to an aromatic ring is 1. The SMILES string of the molecule is CC(NC(=O)C(N)CCC(=O)N1c2c([nH]c(N)nc2=O)NCC1C(O)C(C)O)C(=O)O.O=C(O)C(F)(F)F. The number of hydrogen-bond acceptors (Lipinski definition) is 11. The molecule has 2 rings (SSSR count). The van der Waals surface area contributed by atoms with Crippen LogP contribution in [-0.4, -0.2) is 97.2 Å². The van der Waals surface area contributed by atoms with Gasteiger partial charge in [0.2, 0.25) is 17.8 Å². The molecule has 214 valence electrons. The van der Waals surface area contributed by atoms with Crippen LogP contribution in [0.4, 0.5) is 30.6 Å². The van der Waals surface area contributed by atoms with Crippen LogP contribution in [0.25, 0.3) is 0 Å². The molecular formula is C19H28F3N7O9. The van der Waals surface area contributed by atoms with Crippen molar-refractivity contribution in [2.45, 2.75) is 63.2 Å². The summed E-state index contributed by atoms with van der Waals surface area (Å²) in [7, 11) is 0. The van der Waals surface area contributed by atoms with E-state index in [-0.39, 0.29) is 36.8 Å². The summed E-state index contributed by atoms with van der Waals surface area (Å²) in [5.41, 5.74) is 10.3. The number of aliphatic hydroxyl groups is 2. The topological polar surface area (TPSA) is 274 Å². The van der Waals surface area contributed by atoms with E-state index < -0.39 is 65.8 Å². The van der Waals surface area contributed by atoms with Gasteiger partial charge in [-0.25, -0.2) is 4.79 Å². The average molecular weight is 555 g/mol. The smallest absolute Gasteiger partial charge is 0.480 e. The first kappa shape index (κ1) is 32.1. The number of amides is 2. The number of carboxylic acids is 2. The molecule has 0 fully saturated rings. The Morgan fingerprint density at radius 2 is 1.76 bits per heavy atom. The summed E-state index contributed by atoms with van der Waals surface area (Å²) < 4.78 is 31.7. The Morgan fingerprint density at radius 1 is 1.21 bits per heavy atom. The minimum absolute atomic E-state index is 0.00708. The van der Waals surface area contributed by atoms with E-state index in [1.54, 1.807) is 0 Å². The lowest BCUT2D eigenvalue weighted by atomic mass is 10.0. The zero-order valence-corrected chi connectivity index (χ0v) is 20.0. The summed E-state index contributed by atoms with van der Waals surface area (Å²) in [6.45, 7) is 2.59. The predicted octanol–water partition coefficient (Wildman–Crippen LogP) is -2.45. The summed E-state index contributed by atoms with van der Waals surface area (Å²) in [5, 5.41) is 41.2. The molecule has 11 N–H and O–H groups in total. The Morgan fingerprint density at radius 3 is 2.24 bits per heavy atom. The lowest BCUT2D eigenvalue weighted by Crippen LogP contribution is -2.58. The van der Waals surface area contributed by atoms with Crippen LogP contribution >= 0.6 is 0 Å². The van der Waals surface area contributed by atoms with Crippen LogP contribution in [0.2, 0.25) is 0 Å². The molecule has 16 nitrogen and oxygen atoms in total. The lowest BCUT2D eigenvalue weighted by molar-refractivity contribution is -0.192. The van der Waals surface area contributed by atoms with Crippen LogP contribution in [0.3, 0.4) is 0 Å². The molecule has 38 heavy (non-hydrogen) atoms. The Labute approximate surface area is 211 Å². The summed E-state index contributed by atoms with van der Waals surface area (Å²) in [6, 6.07) is -3.35. The maximum Gasteiger partial charge on any atom is 0.490 e. The lowest BCUT2D eigenvalue weighted by Gasteiger charge is -2.40. The van der Waals surface area contributed by atoms with Gasteiger partial charge >= 0.3 is 23.7 Å². The quantitative estimate of drug-likeness (QED) is 0.161. The fourth-order valence-corrected chi connectivity index (χ4v) is 3.12. The number of carboxylic acid groups (broad SMARTS) is 2. The third-order valence-electron chi connectivity index (χ3n) is 5.11. The van der Waals surface area contributed by atoms with Gasteiger partial charge in [0, 0.05) is 13.0 Å². The fourth-order valence-electron chi connectivity index (χ4n) is 3.12. The molecule has 2 heterocycles. The number of H-pyrrole nitrogens is 1. The Kier molecular flexibility index (Phi) is 11.0. The summed E-state index contributed by atoms with van der Waals surface area (Å²) in [4.78, 5) is 64.4. The number of halogens is 3. The number of aliphatic hydroxyl groups excluding tert-OH is 2. The van der Waals surface area contributed by atoms with Crippen molar-refractivity contribution in [2.24, 2.45) is 5.73 Å². The van der Waals surface area contributed by atoms with Crippen molar-refractivity contribution >= 4 is 41.2 Å². The van der Waals surface area contributed by atoms with E-state index in [1.165, 1.54) is 13.8 Å². The molecule has 2 amide bonds.